The average molecular weight is 308 g/mol. The van der Waals surface area contributed by atoms with Crippen LogP contribution in [0, 0.1) is 6.92 Å². The first-order valence-corrected chi connectivity index (χ1v) is 7.92. The Morgan fingerprint density at radius 3 is 2.61 bits per heavy atom. The molecule has 0 N–H and O–H groups in total. The molecule has 4 rings (SSSR count). The second-order valence-corrected chi connectivity index (χ2v) is 6.09. The number of benzene rings is 2. The van der Waals surface area contributed by atoms with Crippen LogP contribution in [-0.4, -0.2) is 30.1 Å². The van der Waals surface area contributed by atoms with E-state index < -0.39 is 0 Å². The third-order valence-electron chi connectivity index (χ3n) is 4.68. The smallest absolute Gasteiger partial charge is 0.118 e. The molecule has 1 aromatic heterocycles. The maximum absolute atomic E-state index is 5.29. The van der Waals surface area contributed by atoms with E-state index in [4.69, 9.17) is 9.47 Å². The highest BCUT2D eigenvalue weighted by Gasteiger charge is 2.23. The van der Waals surface area contributed by atoms with Gasteiger partial charge < -0.3 is 9.47 Å². The highest BCUT2D eigenvalue weighted by molar-refractivity contribution is 5.83. The molecule has 1 fully saturated rings. The summed E-state index contributed by atoms with van der Waals surface area (Å²) in [6.07, 6.45) is 2.91. The van der Waals surface area contributed by atoms with Crippen LogP contribution in [0.5, 0.6) is 5.75 Å². The minimum absolute atomic E-state index is 0.388. The van der Waals surface area contributed by atoms with Crippen molar-refractivity contribution in [1.29, 1.82) is 0 Å². The number of aryl methyl sites for hydroxylation is 1. The molecule has 0 atom stereocenters. The van der Waals surface area contributed by atoms with Crippen molar-refractivity contribution in [3.63, 3.8) is 0 Å². The fourth-order valence-corrected chi connectivity index (χ4v) is 3.11. The van der Waals surface area contributed by atoms with Crippen molar-refractivity contribution in [2.24, 2.45) is 0 Å². The number of ether oxygens (including phenoxy) is 2. The Hall–Kier alpha value is -2.33. The molecule has 0 aliphatic carbocycles. The van der Waals surface area contributed by atoms with Gasteiger partial charge >= 0.3 is 0 Å². The summed E-state index contributed by atoms with van der Waals surface area (Å²) in [5, 5.41) is 5.81. The fraction of sp³-hybridized carbons (Fsp3) is 0.316. The molecular formula is C19H20N2O2. The molecule has 1 saturated heterocycles. The van der Waals surface area contributed by atoms with Crippen LogP contribution in [0.4, 0.5) is 0 Å². The Morgan fingerprint density at radius 2 is 1.96 bits per heavy atom. The highest BCUT2D eigenvalue weighted by atomic mass is 16.5. The van der Waals surface area contributed by atoms with Crippen LogP contribution < -0.4 is 4.74 Å². The molecule has 118 valence electrons. The molecule has 0 unspecified atom stereocenters. The fourth-order valence-electron chi connectivity index (χ4n) is 3.11. The molecule has 4 nitrogen and oxygen atoms in total. The monoisotopic (exact) mass is 308 g/mol. The zero-order valence-corrected chi connectivity index (χ0v) is 13.5. The lowest BCUT2D eigenvalue weighted by atomic mass is 9.98. The normalized spacial score (nSPS) is 14.9. The molecule has 0 amide bonds. The summed E-state index contributed by atoms with van der Waals surface area (Å²) in [6, 6.07) is 13.1. The van der Waals surface area contributed by atoms with Gasteiger partial charge in [0.05, 0.1) is 38.1 Å². The van der Waals surface area contributed by atoms with E-state index in [1.54, 1.807) is 7.11 Å². The van der Waals surface area contributed by atoms with Crippen molar-refractivity contribution in [3.05, 3.63) is 59.3 Å². The molecule has 2 heterocycles. The molecule has 0 bridgehead atoms. The molecule has 23 heavy (non-hydrogen) atoms. The van der Waals surface area contributed by atoms with Gasteiger partial charge in [0.1, 0.15) is 5.75 Å². The van der Waals surface area contributed by atoms with Gasteiger partial charge in [-0.25, -0.2) is 0 Å². The van der Waals surface area contributed by atoms with Gasteiger partial charge in [0.15, 0.2) is 0 Å². The van der Waals surface area contributed by atoms with Crippen LogP contribution in [0.15, 0.2) is 42.6 Å². The van der Waals surface area contributed by atoms with E-state index in [9.17, 15) is 0 Å². The number of nitrogens with zero attached hydrogens (tertiary/aromatic N) is 2. The Labute approximate surface area is 135 Å². The Bertz CT molecular complexity index is 832. The minimum atomic E-state index is 0.388. The lowest BCUT2D eigenvalue weighted by Crippen LogP contribution is -2.31. The van der Waals surface area contributed by atoms with Gasteiger partial charge in [-0.15, -0.1) is 0 Å². The molecule has 1 aliphatic heterocycles. The van der Waals surface area contributed by atoms with Gasteiger partial charge in [-0.3, -0.25) is 4.68 Å². The zero-order valence-electron chi connectivity index (χ0n) is 13.5. The van der Waals surface area contributed by atoms with E-state index in [1.165, 1.54) is 27.6 Å². The molecular weight excluding hydrogens is 288 g/mol. The SMILES string of the molecule is COc1ccc(Cc2ccc3c(cnn3C3COC3)c2C)cc1. The van der Waals surface area contributed by atoms with E-state index in [-0.39, 0.29) is 0 Å². The second-order valence-electron chi connectivity index (χ2n) is 6.09. The Balaban J connectivity index is 1.66. The quantitative estimate of drug-likeness (QED) is 0.740. The predicted molar refractivity (Wildman–Crippen MR) is 90.1 cm³/mol. The second kappa shape index (κ2) is 5.70. The van der Waals surface area contributed by atoms with Gasteiger partial charge in [0.2, 0.25) is 0 Å². The Morgan fingerprint density at radius 1 is 1.17 bits per heavy atom. The largest absolute Gasteiger partial charge is 0.497 e. The molecule has 2 aromatic carbocycles. The summed E-state index contributed by atoms with van der Waals surface area (Å²) in [6.45, 7) is 3.72. The first-order valence-electron chi connectivity index (χ1n) is 7.92. The van der Waals surface area contributed by atoms with Crippen LogP contribution in [-0.2, 0) is 11.2 Å². The summed E-state index contributed by atoms with van der Waals surface area (Å²) in [5.74, 6) is 0.893. The summed E-state index contributed by atoms with van der Waals surface area (Å²) in [5.41, 5.74) is 5.14. The third-order valence-corrected chi connectivity index (χ3v) is 4.68. The topological polar surface area (TPSA) is 36.3 Å². The Kier molecular flexibility index (Phi) is 3.54. The molecule has 1 aliphatic rings. The van der Waals surface area contributed by atoms with E-state index >= 15 is 0 Å². The van der Waals surface area contributed by atoms with Crippen molar-refractivity contribution < 1.29 is 9.47 Å². The van der Waals surface area contributed by atoms with Gasteiger partial charge in [-0.2, -0.15) is 5.10 Å². The van der Waals surface area contributed by atoms with Crippen LogP contribution in [0.25, 0.3) is 10.9 Å². The van der Waals surface area contributed by atoms with Gasteiger partial charge in [0, 0.05) is 5.39 Å². The van der Waals surface area contributed by atoms with E-state index in [0.717, 1.165) is 25.4 Å². The molecule has 4 heteroatoms. The first-order chi connectivity index (χ1) is 11.3. The summed E-state index contributed by atoms with van der Waals surface area (Å²) in [4.78, 5) is 0. The maximum atomic E-state index is 5.29. The van der Waals surface area contributed by atoms with Crippen LogP contribution in [0.3, 0.4) is 0 Å². The number of hydrogen-bond acceptors (Lipinski definition) is 3. The molecule has 3 aromatic rings. The van der Waals surface area contributed by atoms with Gasteiger partial charge in [-0.05, 0) is 48.2 Å². The number of hydrogen-bond donors (Lipinski definition) is 0. The number of methoxy groups -OCH3 is 1. The van der Waals surface area contributed by atoms with E-state index in [0.29, 0.717) is 6.04 Å². The minimum Gasteiger partial charge on any atom is -0.497 e. The molecule has 0 spiro atoms. The first kappa shape index (κ1) is 14.3. The van der Waals surface area contributed by atoms with Crippen molar-refractivity contribution in [3.8, 4) is 5.75 Å². The third kappa shape index (κ3) is 2.49. The lowest BCUT2D eigenvalue weighted by Gasteiger charge is -2.26. The van der Waals surface area contributed by atoms with Crippen LogP contribution >= 0.6 is 0 Å². The van der Waals surface area contributed by atoms with Crippen molar-refractivity contribution in [2.45, 2.75) is 19.4 Å². The highest BCUT2D eigenvalue weighted by Crippen LogP contribution is 2.28. The summed E-state index contributed by atoms with van der Waals surface area (Å²) >= 11 is 0. The van der Waals surface area contributed by atoms with Gasteiger partial charge in [0.25, 0.3) is 0 Å². The van der Waals surface area contributed by atoms with Crippen LogP contribution in [0.2, 0.25) is 0 Å². The van der Waals surface area contributed by atoms with Crippen molar-refractivity contribution in [1.82, 2.24) is 9.78 Å². The summed E-state index contributed by atoms with van der Waals surface area (Å²) < 4.78 is 12.6. The standard InChI is InChI=1S/C19H20N2O2/c1-13-15(9-14-3-6-17(22-2)7-4-14)5-8-19-18(13)10-20-21(19)16-11-23-12-16/h3-8,10,16H,9,11-12H2,1-2H3. The summed E-state index contributed by atoms with van der Waals surface area (Å²) in [7, 11) is 1.69. The number of aromatic nitrogens is 2. The number of rotatable bonds is 4. The lowest BCUT2D eigenvalue weighted by molar-refractivity contribution is -0.0266. The number of fused-ring (bicyclic) bond motifs is 1. The predicted octanol–water partition coefficient (Wildman–Crippen LogP) is 3.52. The van der Waals surface area contributed by atoms with Gasteiger partial charge in [-0.1, -0.05) is 18.2 Å². The van der Waals surface area contributed by atoms with E-state index in [2.05, 4.69) is 41.0 Å². The average Bonchev–Trinajstić information content (AvgIpc) is 2.94. The van der Waals surface area contributed by atoms with Crippen molar-refractivity contribution in [2.75, 3.05) is 20.3 Å². The molecule has 0 radical (unpaired) electrons. The van der Waals surface area contributed by atoms with Crippen molar-refractivity contribution >= 4 is 10.9 Å². The molecule has 0 saturated carbocycles. The maximum Gasteiger partial charge on any atom is 0.118 e. The van der Waals surface area contributed by atoms with Crippen LogP contribution in [0.1, 0.15) is 22.7 Å². The zero-order chi connectivity index (χ0) is 15.8. The van der Waals surface area contributed by atoms with E-state index in [1.807, 2.05) is 18.3 Å².